The highest BCUT2D eigenvalue weighted by atomic mass is 32.1. The Morgan fingerprint density at radius 3 is 2.29 bits per heavy atom. The molecule has 2 aromatic heterocycles. The smallest absolute Gasteiger partial charge is 0.271 e. The van der Waals surface area contributed by atoms with Gasteiger partial charge >= 0.3 is 0 Å². The maximum atomic E-state index is 13.6. The van der Waals surface area contributed by atoms with Gasteiger partial charge in [-0.05, 0) is 46.2 Å². The topological polar surface area (TPSA) is 84.9 Å². The summed E-state index contributed by atoms with van der Waals surface area (Å²) >= 11 is 2.58. The summed E-state index contributed by atoms with van der Waals surface area (Å²) in [4.78, 5) is 41.8. The first kappa shape index (κ1) is 22.8. The molecule has 176 valence electrons. The molecule has 5 rings (SSSR count). The number of thiophene rings is 2. The van der Waals surface area contributed by atoms with Crippen molar-refractivity contribution in [3.63, 3.8) is 0 Å². The van der Waals surface area contributed by atoms with Crippen LogP contribution in [0.15, 0.2) is 65.4 Å². The van der Waals surface area contributed by atoms with Crippen LogP contribution in [0.25, 0.3) is 11.1 Å². The van der Waals surface area contributed by atoms with Crippen molar-refractivity contribution < 1.29 is 23.9 Å². The van der Waals surface area contributed by atoms with Gasteiger partial charge in [0.05, 0.1) is 41.8 Å². The first-order valence-corrected chi connectivity index (χ1v) is 12.4. The monoisotopic (exact) mass is 504 g/mol. The Balaban J connectivity index is 1.64. The number of ether oxygens (including phenoxy) is 2. The van der Waals surface area contributed by atoms with Crippen molar-refractivity contribution in [3.05, 3.63) is 86.2 Å². The molecule has 9 heteroatoms. The Bertz CT molecular complexity index is 1430. The molecule has 0 aliphatic carbocycles. The summed E-state index contributed by atoms with van der Waals surface area (Å²) in [7, 11) is 3.11. The molecule has 4 aromatic rings. The van der Waals surface area contributed by atoms with Crippen molar-refractivity contribution in [2.75, 3.05) is 19.5 Å². The van der Waals surface area contributed by atoms with Gasteiger partial charge in [-0.1, -0.05) is 30.3 Å². The number of benzene rings is 2. The van der Waals surface area contributed by atoms with Gasteiger partial charge in [-0.3, -0.25) is 19.3 Å². The van der Waals surface area contributed by atoms with Crippen LogP contribution in [0.1, 0.15) is 35.3 Å². The van der Waals surface area contributed by atoms with Gasteiger partial charge in [0, 0.05) is 5.56 Å². The Hall–Kier alpha value is -3.95. The molecule has 0 spiro atoms. The number of fused-ring (bicyclic) bond motifs is 1. The van der Waals surface area contributed by atoms with Crippen molar-refractivity contribution in [1.29, 1.82) is 0 Å². The quantitative estimate of drug-likeness (QED) is 0.349. The van der Waals surface area contributed by atoms with Crippen LogP contribution in [0, 0.1) is 0 Å². The van der Waals surface area contributed by atoms with E-state index in [0.717, 1.165) is 11.1 Å². The van der Waals surface area contributed by atoms with Gasteiger partial charge in [0.25, 0.3) is 17.7 Å². The number of anilines is 1. The number of rotatable bonds is 6. The highest BCUT2D eigenvalue weighted by Crippen LogP contribution is 2.44. The standard InChI is InChI=1S/C26H20N2O5S2/c1-32-19-7-3-6-16(23(19)33-2)15-10-11-18(27-24(29)20-8-4-12-34-20)22-17(15)14-28(26(22)31)25(30)21-9-5-13-35-21/h3-13H,14H2,1-2H3,(H,27,29). The summed E-state index contributed by atoms with van der Waals surface area (Å²) in [5, 5.41) is 6.46. The number of amides is 3. The van der Waals surface area contributed by atoms with E-state index in [0.29, 0.717) is 38.1 Å². The summed E-state index contributed by atoms with van der Waals surface area (Å²) < 4.78 is 11.1. The van der Waals surface area contributed by atoms with Crippen molar-refractivity contribution in [2.45, 2.75) is 6.54 Å². The number of carbonyl (C=O) groups is 3. The van der Waals surface area contributed by atoms with Gasteiger partial charge in [0.1, 0.15) is 0 Å². The molecular formula is C26H20N2O5S2. The van der Waals surface area contributed by atoms with Crippen molar-refractivity contribution in [3.8, 4) is 22.6 Å². The Morgan fingerprint density at radius 1 is 0.886 bits per heavy atom. The number of carbonyl (C=O) groups excluding carboxylic acids is 3. The summed E-state index contributed by atoms with van der Waals surface area (Å²) in [5.74, 6) is -0.0821. The predicted octanol–water partition coefficient (Wildman–Crippen LogP) is 5.54. The van der Waals surface area contributed by atoms with E-state index in [4.69, 9.17) is 9.47 Å². The number of imide groups is 1. The summed E-state index contributed by atoms with van der Waals surface area (Å²) in [6.45, 7) is 0.0727. The second-order valence-corrected chi connectivity index (χ2v) is 9.56. The Morgan fingerprint density at radius 2 is 1.63 bits per heavy atom. The van der Waals surface area contributed by atoms with Crippen molar-refractivity contribution >= 4 is 46.1 Å². The Kier molecular flexibility index (Phi) is 6.10. The second-order valence-electron chi connectivity index (χ2n) is 7.66. The molecule has 1 aliphatic heterocycles. The van der Waals surface area contributed by atoms with Crippen LogP contribution in [0.2, 0.25) is 0 Å². The molecule has 0 saturated carbocycles. The molecule has 2 aromatic carbocycles. The maximum absolute atomic E-state index is 13.6. The van der Waals surface area contributed by atoms with Gasteiger partial charge in [-0.25, -0.2) is 0 Å². The largest absolute Gasteiger partial charge is 0.493 e. The zero-order valence-corrected chi connectivity index (χ0v) is 20.5. The van der Waals surface area contributed by atoms with Gasteiger partial charge < -0.3 is 14.8 Å². The molecule has 3 amide bonds. The molecule has 1 aliphatic rings. The fourth-order valence-electron chi connectivity index (χ4n) is 4.17. The maximum Gasteiger partial charge on any atom is 0.271 e. The summed E-state index contributed by atoms with van der Waals surface area (Å²) in [6, 6.07) is 16.0. The normalized spacial score (nSPS) is 12.4. The van der Waals surface area contributed by atoms with Crippen LogP contribution in [0.3, 0.4) is 0 Å². The zero-order valence-electron chi connectivity index (χ0n) is 18.9. The molecule has 7 nitrogen and oxygen atoms in total. The lowest BCUT2D eigenvalue weighted by molar-refractivity contribution is 0.0634. The van der Waals surface area contributed by atoms with Gasteiger partial charge in [0.2, 0.25) is 0 Å². The minimum Gasteiger partial charge on any atom is -0.493 e. The Labute approximate surface area is 209 Å². The highest BCUT2D eigenvalue weighted by molar-refractivity contribution is 7.12. The third kappa shape index (κ3) is 3.98. The molecule has 0 unspecified atom stereocenters. The van der Waals surface area contributed by atoms with Crippen LogP contribution < -0.4 is 14.8 Å². The molecule has 0 atom stereocenters. The van der Waals surface area contributed by atoms with Crippen LogP contribution in [0.4, 0.5) is 5.69 Å². The first-order chi connectivity index (χ1) is 17.0. The third-order valence-corrected chi connectivity index (χ3v) is 7.48. The van der Waals surface area contributed by atoms with Crippen molar-refractivity contribution in [1.82, 2.24) is 4.90 Å². The molecule has 3 heterocycles. The lowest BCUT2D eigenvalue weighted by atomic mass is 9.94. The third-order valence-electron chi connectivity index (χ3n) is 5.75. The fourth-order valence-corrected chi connectivity index (χ4v) is 5.46. The number of methoxy groups -OCH3 is 2. The molecule has 1 N–H and O–H groups in total. The fraction of sp³-hybridized carbons (Fsp3) is 0.115. The molecular weight excluding hydrogens is 484 g/mol. The zero-order chi connectivity index (χ0) is 24.5. The van der Waals surface area contributed by atoms with E-state index in [2.05, 4.69) is 5.32 Å². The van der Waals surface area contributed by atoms with Crippen molar-refractivity contribution in [2.24, 2.45) is 0 Å². The number of para-hydroxylation sites is 1. The van der Waals surface area contributed by atoms with E-state index in [1.165, 1.54) is 27.6 Å². The van der Waals surface area contributed by atoms with E-state index in [1.54, 1.807) is 56.0 Å². The number of hydrogen-bond acceptors (Lipinski definition) is 7. The van der Waals surface area contributed by atoms with E-state index in [1.807, 2.05) is 23.6 Å². The summed E-state index contributed by atoms with van der Waals surface area (Å²) in [6.07, 6.45) is 0. The minimum atomic E-state index is -0.455. The van der Waals surface area contributed by atoms with Crippen LogP contribution >= 0.6 is 22.7 Å². The van der Waals surface area contributed by atoms with Crippen LogP contribution in [-0.2, 0) is 6.54 Å². The minimum absolute atomic E-state index is 0.0727. The summed E-state index contributed by atoms with van der Waals surface area (Å²) in [5.41, 5.74) is 2.73. The molecule has 35 heavy (non-hydrogen) atoms. The number of nitrogens with zero attached hydrogens (tertiary/aromatic N) is 1. The van der Waals surface area contributed by atoms with Gasteiger partial charge in [0.15, 0.2) is 11.5 Å². The lowest BCUT2D eigenvalue weighted by Crippen LogP contribution is -2.30. The van der Waals surface area contributed by atoms with Gasteiger partial charge in [-0.2, -0.15) is 0 Å². The average molecular weight is 505 g/mol. The SMILES string of the molecule is COc1cccc(-c2ccc(NC(=O)c3cccs3)c3c2CN(C(=O)c2cccs2)C3=O)c1OC. The molecule has 0 fully saturated rings. The second kappa shape index (κ2) is 9.36. The first-order valence-electron chi connectivity index (χ1n) is 10.6. The van der Waals surface area contributed by atoms with Crippen LogP contribution in [-0.4, -0.2) is 36.8 Å². The number of nitrogens with one attached hydrogen (secondary N) is 1. The van der Waals surface area contributed by atoms with Gasteiger partial charge in [-0.15, -0.1) is 22.7 Å². The molecule has 0 bridgehead atoms. The number of hydrogen-bond donors (Lipinski definition) is 1. The molecule has 0 radical (unpaired) electrons. The van der Waals surface area contributed by atoms with E-state index < -0.39 is 5.91 Å². The van der Waals surface area contributed by atoms with E-state index in [-0.39, 0.29) is 18.4 Å². The average Bonchev–Trinajstić information content (AvgIpc) is 3.65. The van der Waals surface area contributed by atoms with E-state index in [9.17, 15) is 14.4 Å². The van der Waals surface area contributed by atoms with Crippen LogP contribution in [0.5, 0.6) is 11.5 Å². The lowest BCUT2D eigenvalue weighted by Gasteiger charge is -2.16. The predicted molar refractivity (Wildman–Crippen MR) is 136 cm³/mol. The highest BCUT2D eigenvalue weighted by Gasteiger charge is 2.37. The van der Waals surface area contributed by atoms with E-state index >= 15 is 0 Å². The molecule has 0 saturated heterocycles.